The van der Waals surface area contributed by atoms with E-state index in [0.29, 0.717) is 0 Å². The predicted molar refractivity (Wildman–Crippen MR) is 97.1 cm³/mol. The number of hydrogen-bond acceptors (Lipinski definition) is 3. The van der Waals surface area contributed by atoms with Crippen LogP contribution in [0.15, 0.2) is 24.3 Å². The maximum Gasteiger partial charge on any atom is 0.412 e. The highest BCUT2D eigenvalue weighted by Gasteiger charge is 2.36. The highest BCUT2D eigenvalue weighted by Crippen LogP contribution is 2.37. The first-order valence-corrected chi connectivity index (χ1v) is 10.7. The van der Waals surface area contributed by atoms with Crippen molar-refractivity contribution in [3.05, 3.63) is 24.3 Å². The lowest BCUT2D eigenvalue weighted by atomic mass is 10.2. The molecule has 0 unspecified atom stereocenters. The van der Waals surface area contributed by atoms with Crippen molar-refractivity contribution in [3.63, 3.8) is 0 Å². The zero-order valence-corrected chi connectivity index (χ0v) is 16.1. The average molecular weight is 323 g/mol. The van der Waals surface area contributed by atoms with Crippen molar-refractivity contribution in [2.24, 2.45) is 0 Å². The number of hydrogen-bond donors (Lipinski definition) is 2. The van der Waals surface area contributed by atoms with E-state index in [2.05, 4.69) is 44.2 Å². The third-order valence-electron chi connectivity index (χ3n) is 3.88. The second-order valence-corrected chi connectivity index (χ2v) is 13.2. The van der Waals surface area contributed by atoms with Gasteiger partial charge in [-0.1, -0.05) is 46.0 Å². The minimum Gasteiger partial charge on any atom is -0.444 e. The Kier molecular flexibility index (Phi) is 5.33. The maximum absolute atomic E-state index is 12.0. The smallest absolute Gasteiger partial charge is 0.412 e. The molecule has 4 nitrogen and oxygen atoms in total. The van der Waals surface area contributed by atoms with E-state index in [1.54, 1.807) is 0 Å². The van der Waals surface area contributed by atoms with Gasteiger partial charge in [-0.25, -0.2) is 4.79 Å². The van der Waals surface area contributed by atoms with E-state index in [-0.39, 0.29) is 5.04 Å². The molecule has 0 aliphatic rings. The Bertz CT molecular complexity index is 528. The lowest BCUT2D eigenvalue weighted by Gasteiger charge is -2.38. The monoisotopic (exact) mass is 322 g/mol. The molecule has 0 saturated carbocycles. The van der Waals surface area contributed by atoms with Crippen LogP contribution in [0.4, 0.5) is 16.2 Å². The number of para-hydroxylation sites is 2. The number of amides is 1. The second kappa shape index (κ2) is 6.32. The third kappa shape index (κ3) is 5.37. The number of carbonyl (C=O) groups excluding carboxylic acids is 1. The molecule has 1 rings (SSSR count). The van der Waals surface area contributed by atoms with Gasteiger partial charge in [0.15, 0.2) is 8.24 Å². The Labute approximate surface area is 135 Å². The number of rotatable bonds is 3. The van der Waals surface area contributed by atoms with E-state index >= 15 is 0 Å². The van der Waals surface area contributed by atoms with E-state index in [1.165, 1.54) is 0 Å². The topological polar surface area (TPSA) is 50.4 Å². The van der Waals surface area contributed by atoms with Crippen LogP contribution in [0.3, 0.4) is 0 Å². The van der Waals surface area contributed by atoms with E-state index in [9.17, 15) is 4.79 Å². The van der Waals surface area contributed by atoms with Gasteiger partial charge in [-0.2, -0.15) is 0 Å². The molecule has 1 aromatic rings. The minimum atomic E-state index is -1.72. The van der Waals surface area contributed by atoms with Crippen LogP contribution in [0.5, 0.6) is 0 Å². The summed E-state index contributed by atoms with van der Waals surface area (Å²) in [6, 6.07) is 7.76. The molecule has 0 saturated heterocycles. The van der Waals surface area contributed by atoms with Gasteiger partial charge in [0.1, 0.15) is 5.60 Å². The van der Waals surface area contributed by atoms with Crippen molar-refractivity contribution >= 4 is 25.7 Å². The number of benzene rings is 1. The lowest BCUT2D eigenvalue weighted by molar-refractivity contribution is 0.0636. The Morgan fingerprint density at radius 2 is 1.50 bits per heavy atom. The Morgan fingerprint density at radius 3 is 1.95 bits per heavy atom. The molecule has 0 heterocycles. The molecule has 5 heteroatoms. The lowest BCUT2D eigenvalue weighted by Crippen LogP contribution is -2.46. The minimum absolute atomic E-state index is 0.200. The van der Waals surface area contributed by atoms with Crippen LogP contribution < -0.4 is 10.3 Å². The standard InChI is InChI=1S/C17H30N2O2Si/c1-16(2,3)21-15(20)18-13-11-9-10-12-14(13)19-22(7,8)17(4,5)6/h9-12,19H,1-8H3,(H,18,20). The normalized spacial score (nSPS) is 12.7. The summed E-state index contributed by atoms with van der Waals surface area (Å²) in [5, 5.41) is 3.04. The quantitative estimate of drug-likeness (QED) is 0.727. The molecule has 22 heavy (non-hydrogen) atoms. The Morgan fingerprint density at radius 1 is 1.00 bits per heavy atom. The van der Waals surface area contributed by atoms with Gasteiger partial charge in [0.2, 0.25) is 0 Å². The van der Waals surface area contributed by atoms with Gasteiger partial charge in [-0.15, -0.1) is 0 Å². The summed E-state index contributed by atoms with van der Waals surface area (Å²) in [4.78, 5) is 15.7. The van der Waals surface area contributed by atoms with Gasteiger partial charge < -0.3 is 9.72 Å². The number of nitrogens with one attached hydrogen (secondary N) is 2. The molecule has 0 fully saturated rings. The first-order chi connectivity index (χ1) is 9.82. The molecule has 0 aliphatic carbocycles. The largest absolute Gasteiger partial charge is 0.444 e. The molecule has 124 valence electrons. The second-order valence-electron chi connectivity index (χ2n) is 8.17. The molecule has 0 aliphatic heterocycles. The predicted octanol–water partition coefficient (Wildman–Crippen LogP) is 5.45. The molecule has 0 atom stereocenters. The summed E-state index contributed by atoms with van der Waals surface area (Å²) >= 11 is 0. The van der Waals surface area contributed by atoms with E-state index in [4.69, 9.17) is 4.74 Å². The fraction of sp³-hybridized carbons (Fsp3) is 0.588. The number of carbonyl (C=O) groups is 1. The molecule has 0 bridgehead atoms. The van der Waals surface area contributed by atoms with Crippen LogP contribution in [-0.4, -0.2) is 19.9 Å². The Hall–Kier alpha value is -1.49. The van der Waals surface area contributed by atoms with Crippen molar-refractivity contribution in [1.29, 1.82) is 0 Å². The third-order valence-corrected chi connectivity index (χ3v) is 8.53. The van der Waals surface area contributed by atoms with Crippen molar-refractivity contribution in [2.45, 2.75) is 65.3 Å². The molecule has 0 aromatic heterocycles. The highest BCUT2D eigenvalue weighted by atomic mass is 28.3. The molecule has 0 spiro atoms. The first-order valence-electron chi connectivity index (χ1n) is 7.69. The highest BCUT2D eigenvalue weighted by molar-refractivity contribution is 6.83. The summed E-state index contributed by atoms with van der Waals surface area (Å²) in [5.41, 5.74) is 1.19. The van der Waals surface area contributed by atoms with Crippen LogP contribution in [0.25, 0.3) is 0 Å². The molecule has 0 radical (unpaired) electrons. The number of ether oxygens (including phenoxy) is 1. The summed E-state index contributed by atoms with van der Waals surface area (Å²) in [5.74, 6) is 0. The van der Waals surface area contributed by atoms with Crippen molar-refractivity contribution in [2.75, 3.05) is 10.3 Å². The van der Waals surface area contributed by atoms with Gasteiger partial charge in [-0.3, -0.25) is 5.32 Å². The average Bonchev–Trinajstić information content (AvgIpc) is 2.27. The SMILES string of the molecule is CC(C)(C)OC(=O)Nc1ccccc1N[Si](C)(C)C(C)(C)C. The molecule has 1 aromatic carbocycles. The zero-order chi connectivity index (χ0) is 17.2. The van der Waals surface area contributed by atoms with Gasteiger partial charge >= 0.3 is 6.09 Å². The molecule has 2 N–H and O–H groups in total. The van der Waals surface area contributed by atoms with Crippen LogP contribution in [0.1, 0.15) is 41.5 Å². The van der Waals surface area contributed by atoms with Crippen LogP contribution in [0, 0.1) is 0 Å². The van der Waals surface area contributed by atoms with E-state index in [1.807, 2.05) is 45.0 Å². The summed E-state index contributed by atoms with van der Waals surface area (Å²) in [6.45, 7) is 16.9. The summed E-state index contributed by atoms with van der Waals surface area (Å²) < 4.78 is 5.33. The number of anilines is 2. The van der Waals surface area contributed by atoms with Crippen molar-refractivity contribution < 1.29 is 9.53 Å². The van der Waals surface area contributed by atoms with Gasteiger partial charge in [0.05, 0.1) is 11.4 Å². The van der Waals surface area contributed by atoms with Crippen molar-refractivity contribution in [1.82, 2.24) is 0 Å². The first kappa shape index (κ1) is 18.6. The van der Waals surface area contributed by atoms with Gasteiger partial charge in [-0.05, 0) is 37.9 Å². The fourth-order valence-electron chi connectivity index (χ4n) is 1.64. The Balaban J connectivity index is 2.94. The summed E-state index contributed by atoms with van der Waals surface area (Å²) in [6.07, 6.45) is -0.433. The zero-order valence-electron chi connectivity index (χ0n) is 15.1. The fourth-order valence-corrected chi connectivity index (χ4v) is 2.91. The molecular weight excluding hydrogens is 292 g/mol. The van der Waals surface area contributed by atoms with Crippen molar-refractivity contribution in [3.8, 4) is 0 Å². The summed E-state index contributed by atoms with van der Waals surface area (Å²) in [7, 11) is -1.72. The van der Waals surface area contributed by atoms with E-state index in [0.717, 1.165) is 11.4 Å². The molecule has 1 amide bonds. The van der Waals surface area contributed by atoms with Gasteiger partial charge in [0, 0.05) is 0 Å². The van der Waals surface area contributed by atoms with Gasteiger partial charge in [0.25, 0.3) is 0 Å². The van der Waals surface area contributed by atoms with Crippen LogP contribution in [0.2, 0.25) is 18.1 Å². The van der Waals surface area contributed by atoms with E-state index < -0.39 is 19.9 Å². The van der Waals surface area contributed by atoms with Crippen LogP contribution >= 0.6 is 0 Å². The molecular formula is C17H30N2O2Si. The maximum atomic E-state index is 12.0. The van der Waals surface area contributed by atoms with Crippen LogP contribution in [-0.2, 0) is 4.74 Å².